The van der Waals surface area contributed by atoms with E-state index in [1.165, 1.54) is 12.4 Å². The van der Waals surface area contributed by atoms with Gasteiger partial charge in [-0.25, -0.2) is 24.2 Å². The van der Waals surface area contributed by atoms with Gasteiger partial charge in [-0.2, -0.15) is 9.36 Å². The zero-order valence-electron chi connectivity index (χ0n) is 17.0. The highest BCUT2D eigenvalue weighted by atomic mass is 16.5. The minimum Gasteiger partial charge on any atom is -0.464 e. The van der Waals surface area contributed by atoms with E-state index >= 15 is 0 Å². The Morgan fingerprint density at radius 1 is 0.656 bits per heavy atom. The van der Waals surface area contributed by atoms with Gasteiger partial charge in [0.25, 0.3) is 0 Å². The minimum absolute atomic E-state index is 0.114. The van der Waals surface area contributed by atoms with Crippen molar-refractivity contribution in [3.05, 3.63) is 35.2 Å². The average Bonchev–Trinajstić information content (AvgIpc) is 3.47. The van der Waals surface area contributed by atoms with Crippen LogP contribution in [0.15, 0.2) is 12.4 Å². The molecule has 166 valence electrons. The number of carbonyl (C=O) groups is 4. The van der Waals surface area contributed by atoms with Gasteiger partial charge in [0, 0.05) is 0 Å². The second-order valence-corrected chi connectivity index (χ2v) is 5.60. The van der Waals surface area contributed by atoms with Crippen molar-refractivity contribution in [3.8, 4) is 11.6 Å². The molecule has 0 radical (unpaired) electrons. The fourth-order valence-electron chi connectivity index (χ4n) is 2.46. The number of nitrogens with zero attached hydrogens (tertiary/aromatic N) is 8. The number of hydrogen-bond acceptors (Lipinski definition) is 14. The molecule has 0 aliphatic rings. The van der Waals surface area contributed by atoms with Crippen molar-refractivity contribution in [3.63, 3.8) is 0 Å². The standard InChI is InChI=1S/C16H14N8O8/c1-29-13(25)9-11(15(27)31-3)23(21-19-9)7-5-17-6-8(18-7)24-12(16(28)32-4)10(20-22-24)14(26)30-2/h5-6H,1-4H3. The lowest BCUT2D eigenvalue weighted by atomic mass is 10.3. The van der Waals surface area contributed by atoms with Gasteiger partial charge in [-0.1, -0.05) is 10.4 Å². The Morgan fingerprint density at radius 3 is 1.38 bits per heavy atom. The molecule has 3 aromatic rings. The molecule has 0 bridgehead atoms. The maximum atomic E-state index is 12.2. The molecule has 0 aliphatic heterocycles. The quantitative estimate of drug-likeness (QED) is 0.323. The lowest BCUT2D eigenvalue weighted by Crippen LogP contribution is -2.18. The monoisotopic (exact) mass is 446 g/mol. The number of rotatable bonds is 6. The lowest BCUT2D eigenvalue weighted by molar-refractivity contribution is 0.0545. The molecule has 0 aromatic carbocycles. The second-order valence-electron chi connectivity index (χ2n) is 5.60. The molecule has 3 rings (SSSR count). The van der Waals surface area contributed by atoms with Crippen LogP contribution < -0.4 is 0 Å². The van der Waals surface area contributed by atoms with E-state index in [4.69, 9.17) is 0 Å². The van der Waals surface area contributed by atoms with E-state index < -0.39 is 35.3 Å². The fraction of sp³-hybridized carbons (Fsp3) is 0.250. The topological polar surface area (TPSA) is 192 Å². The molecule has 0 saturated carbocycles. The van der Waals surface area contributed by atoms with Gasteiger partial charge in [0.15, 0.2) is 23.0 Å². The zero-order valence-corrected chi connectivity index (χ0v) is 17.0. The van der Waals surface area contributed by atoms with Gasteiger partial charge in [-0.3, -0.25) is 4.98 Å². The fourth-order valence-corrected chi connectivity index (χ4v) is 2.46. The Morgan fingerprint density at radius 2 is 1.03 bits per heavy atom. The molecule has 16 heteroatoms. The zero-order chi connectivity index (χ0) is 23.4. The number of aromatic nitrogens is 8. The number of carbonyl (C=O) groups excluding carboxylic acids is 4. The Balaban J connectivity index is 2.18. The maximum absolute atomic E-state index is 12.2. The normalized spacial score (nSPS) is 10.4. The highest BCUT2D eigenvalue weighted by Gasteiger charge is 2.30. The first-order chi connectivity index (χ1) is 15.4. The van der Waals surface area contributed by atoms with Crippen molar-refractivity contribution in [1.29, 1.82) is 0 Å². The van der Waals surface area contributed by atoms with Crippen LogP contribution >= 0.6 is 0 Å². The molecule has 32 heavy (non-hydrogen) atoms. The molecule has 0 unspecified atom stereocenters. The van der Waals surface area contributed by atoms with Crippen molar-refractivity contribution in [2.75, 3.05) is 28.4 Å². The molecule has 0 N–H and O–H groups in total. The minimum atomic E-state index is -0.952. The summed E-state index contributed by atoms with van der Waals surface area (Å²) in [5, 5.41) is 14.7. The average molecular weight is 446 g/mol. The van der Waals surface area contributed by atoms with Crippen LogP contribution in [0.25, 0.3) is 11.6 Å². The summed E-state index contributed by atoms with van der Waals surface area (Å²) in [7, 11) is 4.38. The molecule has 0 aliphatic carbocycles. The van der Waals surface area contributed by atoms with Gasteiger partial charge in [0.2, 0.25) is 11.4 Å². The summed E-state index contributed by atoms with van der Waals surface area (Å²) in [6.45, 7) is 0. The van der Waals surface area contributed by atoms with E-state index in [1.807, 2.05) is 0 Å². The van der Waals surface area contributed by atoms with E-state index in [0.717, 1.165) is 37.8 Å². The number of methoxy groups -OCH3 is 4. The summed E-state index contributed by atoms with van der Waals surface area (Å²) in [5.41, 5.74) is -1.60. The predicted octanol–water partition coefficient (Wildman–Crippen LogP) is -1.22. The third-order valence-electron chi connectivity index (χ3n) is 3.90. The van der Waals surface area contributed by atoms with Crippen LogP contribution in [-0.4, -0.2) is 92.3 Å². The summed E-state index contributed by atoms with van der Waals surface area (Å²) < 4.78 is 20.3. The van der Waals surface area contributed by atoms with Crippen molar-refractivity contribution in [2.24, 2.45) is 0 Å². The largest absolute Gasteiger partial charge is 0.464 e. The third kappa shape index (κ3) is 3.71. The van der Waals surface area contributed by atoms with Crippen LogP contribution in [0.4, 0.5) is 0 Å². The van der Waals surface area contributed by atoms with Gasteiger partial charge in [-0.15, -0.1) is 10.2 Å². The Bertz CT molecular complexity index is 1130. The molecule has 3 heterocycles. The highest BCUT2D eigenvalue weighted by molar-refractivity contribution is 6.01. The SMILES string of the molecule is COC(=O)c1nnn(-c2cncc(-n3nnc(C(=O)OC)c3C(=O)OC)n2)c1C(=O)OC. The molecule has 0 spiro atoms. The summed E-state index contributed by atoms with van der Waals surface area (Å²) in [6, 6.07) is 0. The Kier molecular flexibility index (Phi) is 6.13. The van der Waals surface area contributed by atoms with Crippen LogP contribution in [0.1, 0.15) is 42.0 Å². The van der Waals surface area contributed by atoms with Crippen molar-refractivity contribution >= 4 is 23.9 Å². The summed E-state index contributed by atoms with van der Waals surface area (Å²) in [4.78, 5) is 56.5. The molecule has 0 amide bonds. The Labute approximate surface area is 178 Å². The first kappa shape index (κ1) is 21.9. The number of esters is 4. The summed E-state index contributed by atoms with van der Waals surface area (Å²) in [5.74, 6) is -4.01. The van der Waals surface area contributed by atoms with E-state index in [-0.39, 0.29) is 23.0 Å². The van der Waals surface area contributed by atoms with Gasteiger partial charge < -0.3 is 18.9 Å². The Hall–Kier alpha value is -4.76. The number of hydrogen-bond donors (Lipinski definition) is 0. The molecule has 3 aromatic heterocycles. The highest BCUT2D eigenvalue weighted by Crippen LogP contribution is 2.17. The van der Waals surface area contributed by atoms with Gasteiger partial charge in [0.05, 0.1) is 40.8 Å². The van der Waals surface area contributed by atoms with Crippen molar-refractivity contribution in [1.82, 2.24) is 40.0 Å². The summed E-state index contributed by atoms with van der Waals surface area (Å²) >= 11 is 0. The van der Waals surface area contributed by atoms with Crippen molar-refractivity contribution < 1.29 is 38.1 Å². The smallest absolute Gasteiger partial charge is 0.361 e. The molecular formula is C16H14N8O8. The predicted molar refractivity (Wildman–Crippen MR) is 97.2 cm³/mol. The van der Waals surface area contributed by atoms with Gasteiger partial charge >= 0.3 is 23.9 Å². The van der Waals surface area contributed by atoms with E-state index in [1.54, 1.807) is 0 Å². The molecular weight excluding hydrogens is 432 g/mol. The van der Waals surface area contributed by atoms with Crippen molar-refractivity contribution in [2.45, 2.75) is 0 Å². The first-order valence-corrected chi connectivity index (χ1v) is 8.45. The number of ether oxygens (including phenoxy) is 4. The first-order valence-electron chi connectivity index (χ1n) is 8.45. The van der Waals surface area contributed by atoms with Crippen LogP contribution in [0.3, 0.4) is 0 Å². The van der Waals surface area contributed by atoms with Crippen LogP contribution in [0.2, 0.25) is 0 Å². The van der Waals surface area contributed by atoms with E-state index in [2.05, 4.69) is 49.5 Å². The lowest BCUT2D eigenvalue weighted by Gasteiger charge is -2.08. The third-order valence-corrected chi connectivity index (χ3v) is 3.90. The van der Waals surface area contributed by atoms with Crippen LogP contribution in [0, 0.1) is 0 Å². The van der Waals surface area contributed by atoms with Gasteiger partial charge in [0.1, 0.15) is 0 Å². The molecule has 16 nitrogen and oxygen atoms in total. The maximum Gasteiger partial charge on any atom is 0.361 e. The van der Waals surface area contributed by atoms with Gasteiger partial charge in [-0.05, 0) is 0 Å². The molecule has 0 fully saturated rings. The van der Waals surface area contributed by atoms with E-state index in [0.29, 0.717) is 0 Å². The second kappa shape index (κ2) is 8.94. The van der Waals surface area contributed by atoms with Crippen LogP contribution in [-0.2, 0) is 18.9 Å². The molecule has 0 saturated heterocycles. The van der Waals surface area contributed by atoms with E-state index in [9.17, 15) is 19.2 Å². The summed E-state index contributed by atoms with van der Waals surface area (Å²) in [6.07, 6.45) is 2.36. The molecule has 0 atom stereocenters. The van der Waals surface area contributed by atoms with Crippen LogP contribution in [0.5, 0.6) is 0 Å².